The van der Waals surface area contributed by atoms with E-state index in [1.807, 2.05) is 0 Å². The SMILES string of the molecule is CN(Cc1ccccc1C(F)(F)F)C(=O)c1cccc(F)c1. The smallest absolute Gasteiger partial charge is 0.337 e. The van der Waals surface area contributed by atoms with Crippen molar-refractivity contribution in [2.75, 3.05) is 7.05 Å². The Kier molecular flexibility index (Phi) is 4.49. The van der Waals surface area contributed by atoms with Crippen molar-refractivity contribution in [3.05, 3.63) is 71.0 Å². The van der Waals surface area contributed by atoms with Gasteiger partial charge in [-0.2, -0.15) is 13.2 Å². The second kappa shape index (κ2) is 6.17. The second-order valence-corrected chi connectivity index (χ2v) is 4.83. The Morgan fingerprint density at radius 1 is 1.09 bits per heavy atom. The molecule has 0 aliphatic rings. The van der Waals surface area contributed by atoms with Crippen molar-refractivity contribution in [2.24, 2.45) is 0 Å². The third-order valence-electron chi connectivity index (χ3n) is 3.15. The highest BCUT2D eigenvalue weighted by Gasteiger charge is 2.33. The molecule has 0 radical (unpaired) electrons. The number of hydrogen-bond acceptors (Lipinski definition) is 1. The normalized spacial score (nSPS) is 11.3. The highest BCUT2D eigenvalue weighted by atomic mass is 19.4. The zero-order chi connectivity index (χ0) is 16.3. The largest absolute Gasteiger partial charge is 0.416 e. The van der Waals surface area contributed by atoms with Crippen molar-refractivity contribution in [3.8, 4) is 0 Å². The Labute approximate surface area is 125 Å². The lowest BCUT2D eigenvalue weighted by molar-refractivity contribution is -0.138. The summed E-state index contributed by atoms with van der Waals surface area (Å²) < 4.78 is 51.9. The summed E-state index contributed by atoms with van der Waals surface area (Å²) in [6, 6.07) is 10.1. The summed E-state index contributed by atoms with van der Waals surface area (Å²) in [5.74, 6) is -1.12. The van der Waals surface area contributed by atoms with E-state index >= 15 is 0 Å². The summed E-state index contributed by atoms with van der Waals surface area (Å²) in [5.41, 5.74) is -0.705. The van der Waals surface area contributed by atoms with Crippen molar-refractivity contribution in [3.63, 3.8) is 0 Å². The molecule has 0 bridgehead atoms. The number of hydrogen-bond donors (Lipinski definition) is 0. The molecule has 0 unspecified atom stereocenters. The first kappa shape index (κ1) is 16.0. The third kappa shape index (κ3) is 3.63. The minimum atomic E-state index is -4.49. The van der Waals surface area contributed by atoms with Crippen LogP contribution in [0.3, 0.4) is 0 Å². The van der Waals surface area contributed by atoms with Gasteiger partial charge in [0.2, 0.25) is 0 Å². The Bertz CT molecular complexity index is 682. The Balaban J connectivity index is 2.23. The summed E-state index contributed by atoms with van der Waals surface area (Å²) in [6.07, 6.45) is -4.49. The van der Waals surface area contributed by atoms with Crippen LogP contribution in [0.15, 0.2) is 48.5 Å². The van der Waals surface area contributed by atoms with E-state index in [-0.39, 0.29) is 17.7 Å². The maximum atomic E-state index is 13.1. The van der Waals surface area contributed by atoms with Gasteiger partial charge in [-0.1, -0.05) is 24.3 Å². The predicted molar refractivity (Wildman–Crippen MR) is 73.6 cm³/mol. The molecule has 2 rings (SSSR count). The van der Waals surface area contributed by atoms with Crippen molar-refractivity contribution in [1.82, 2.24) is 4.90 Å². The number of carbonyl (C=O) groups is 1. The average Bonchev–Trinajstić information content (AvgIpc) is 2.46. The van der Waals surface area contributed by atoms with Crippen molar-refractivity contribution < 1.29 is 22.4 Å². The van der Waals surface area contributed by atoms with E-state index in [9.17, 15) is 22.4 Å². The van der Waals surface area contributed by atoms with Gasteiger partial charge < -0.3 is 4.90 Å². The van der Waals surface area contributed by atoms with Crippen LogP contribution in [0.2, 0.25) is 0 Å². The minimum absolute atomic E-state index is 0.0118. The van der Waals surface area contributed by atoms with Crippen LogP contribution in [0.1, 0.15) is 21.5 Å². The van der Waals surface area contributed by atoms with Gasteiger partial charge in [0, 0.05) is 19.2 Å². The summed E-state index contributed by atoms with van der Waals surface area (Å²) in [7, 11) is 1.38. The molecule has 0 saturated heterocycles. The molecule has 0 saturated carbocycles. The second-order valence-electron chi connectivity index (χ2n) is 4.83. The number of rotatable bonds is 3. The highest BCUT2D eigenvalue weighted by Crippen LogP contribution is 2.32. The highest BCUT2D eigenvalue weighted by molar-refractivity contribution is 5.94. The van der Waals surface area contributed by atoms with Crippen LogP contribution < -0.4 is 0 Å². The van der Waals surface area contributed by atoms with E-state index in [4.69, 9.17) is 0 Å². The van der Waals surface area contributed by atoms with Gasteiger partial charge in [-0.25, -0.2) is 4.39 Å². The van der Waals surface area contributed by atoms with Crippen LogP contribution in [0.4, 0.5) is 17.6 Å². The fourth-order valence-electron chi connectivity index (χ4n) is 2.10. The van der Waals surface area contributed by atoms with Crippen LogP contribution in [0.5, 0.6) is 0 Å². The molecular formula is C16H13F4NO. The van der Waals surface area contributed by atoms with Gasteiger partial charge in [-0.15, -0.1) is 0 Å². The van der Waals surface area contributed by atoms with E-state index in [1.54, 1.807) is 0 Å². The van der Waals surface area contributed by atoms with Crippen LogP contribution in [0.25, 0.3) is 0 Å². The van der Waals surface area contributed by atoms with Gasteiger partial charge in [-0.3, -0.25) is 4.79 Å². The Hall–Kier alpha value is -2.37. The summed E-state index contributed by atoms with van der Waals surface area (Å²) in [4.78, 5) is 13.3. The molecule has 0 aliphatic heterocycles. The first-order valence-corrected chi connectivity index (χ1v) is 6.45. The molecule has 6 heteroatoms. The molecule has 0 fully saturated rings. The van der Waals surface area contributed by atoms with Crippen LogP contribution in [-0.4, -0.2) is 17.9 Å². The summed E-state index contributed by atoms with van der Waals surface area (Å²) in [5, 5.41) is 0. The lowest BCUT2D eigenvalue weighted by Crippen LogP contribution is -2.27. The topological polar surface area (TPSA) is 20.3 Å². The van der Waals surface area contributed by atoms with Crippen LogP contribution >= 0.6 is 0 Å². The van der Waals surface area contributed by atoms with Gasteiger partial charge in [0.15, 0.2) is 0 Å². The number of benzene rings is 2. The minimum Gasteiger partial charge on any atom is -0.337 e. The number of carbonyl (C=O) groups excluding carboxylic acids is 1. The lowest BCUT2D eigenvalue weighted by atomic mass is 10.1. The molecule has 0 aromatic heterocycles. The molecule has 1 amide bonds. The zero-order valence-corrected chi connectivity index (χ0v) is 11.7. The lowest BCUT2D eigenvalue weighted by Gasteiger charge is -2.20. The fourth-order valence-corrected chi connectivity index (χ4v) is 2.10. The van der Waals surface area contributed by atoms with Crippen molar-refractivity contribution >= 4 is 5.91 Å². The van der Waals surface area contributed by atoms with Gasteiger partial charge in [0.1, 0.15) is 5.82 Å². The number of nitrogens with zero attached hydrogens (tertiary/aromatic N) is 1. The molecule has 0 atom stereocenters. The average molecular weight is 311 g/mol. The molecule has 2 aromatic carbocycles. The molecule has 2 nitrogen and oxygen atoms in total. The Morgan fingerprint density at radius 2 is 1.77 bits per heavy atom. The fraction of sp³-hybridized carbons (Fsp3) is 0.188. The van der Waals surface area contributed by atoms with Crippen molar-refractivity contribution in [1.29, 1.82) is 0 Å². The molecule has 0 aliphatic carbocycles. The monoisotopic (exact) mass is 311 g/mol. The molecule has 116 valence electrons. The number of halogens is 4. The molecule has 0 spiro atoms. The predicted octanol–water partition coefficient (Wildman–Crippen LogP) is 4.12. The van der Waals surface area contributed by atoms with E-state index in [1.165, 1.54) is 43.4 Å². The van der Waals surface area contributed by atoms with Crippen molar-refractivity contribution in [2.45, 2.75) is 12.7 Å². The quantitative estimate of drug-likeness (QED) is 0.781. The van der Waals surface area contributed by atoms with E-state index in [0.717, 1.165) is 17.0 Å². The van der Waals surface area contributed by atoms with E-state index in [2.05, 4.69) is 0 Å². The van der Waals surface area contributed by atoms with Crippen LogP contribution in [0, 0.1) is 5.82 Å². The standard InChI is InChI=1S/C16H13F4NO/c1-21(15(22)11-6-4-7-13(17)9-11)10-12-5-2-3-8-14(12)16(18,19)20/h2-9H,10H2,1H3. The van der Waals surface area contributed by atoms with Gasteiger partial charge in [-0.05, 0) is 29.8 Å². The number of amides is 1. The third-order valence-corrected chi connectivity index (χ3v) is 3.15. The maximum Gasteiger partial charge on any atom is 0.416 e. The summed E-state index contributed by atoms with van der Waals surface area (Å²) >= 11 is 0. The van der Waals surface area contributed by atoms with E-state index in [0.29, 0.717) is 0 Å². The zero-order valence-electron chi connectivity index (χ0n) is 11.7. The van der Waals surface area contributed by atoms with Gasteiger partial charge in [0.25, 0.3) is 5.91 Å². The van der Waals surface area contributed by atoms with E-state index < -0.39 is 23.5 Å². The molecule has 22 heavy (non-hydrogen) atoms. The summed E-state index contributed by atoms with van der Waals surface area (Å²) in [6.45, 7) is -0.217. The van der Waals surface area contributed by atoms with Gasteiger partial charge in [0.05, 0.1) is 5.56 Å². The molecule has 0 N–H and O–H groups in total. The van der Waals surface area contributed by atoms with Crippen LogP contribution in [-0.2, 0) is 12.7 Å². The molecule has 0 heterocycles. The molecular weight excluding hydrogens is 298 g/mol. The first-order valence-electron chi connectivity index (χ1n) is 6.45. The van der Waals surface area contributed by atoms with Gasteiger partial charge >= 0.3 is 6.18 Å². The first-order chi connectivity index (χ1) is 10.3. The molecule has 2 aromatic rings. The number of alkyl halides is 3. The maximum absolute atomic E-state index is 13.1. The Morgan fingerprint density at radius 3 is 2.41 bits per heavy atom.